The summed E-state index contributed by atoms with van der Waals surface area (Å²) in [7, 11) is 1.61. The second-order valence-corrected chi connectivity index (χ2v) is 8.21. The molecule has 0 fully saturated rings. The van der Waals surface area contributed by atoms with Gasteiger partial charge in [0.25, 0.3) is 5.56 Å². The summed E-state index contributed by atoms with van der Waals surface area (Å²) in [4.78, 5) is 28.5. The fraction of sp³-hybridized carbons (Fsp3) is 0.231. The third-order valence-corrected chi connectivity index (χ3v) is 5.89. The summed E-state index contributed by atoms with van der Waals surface area (Å²) in [5.74, 6) is 0.578. The van der Waals surface area contributed by atoms with E-state index in [1.807, 2.05) is 54.9 Å². The van der Waals surface area contributed by atoms with Gasteiger partial charge in [-0.15, -0.1) is 0 Å². The van der Waals surface area contributed by atoms with Gasteiger partial charge >= 0.3 is 0 Å². The van der Waals surface area contributed by atoms with Crippen LogP contribution in [0.1, 0.15) is 17.5 Å². The van der Waals surface area contributed by atoms with E-state index in [0.29, 0.717) is 30.2 Å². The van der Waals surface area contributed by atoms with E-state index >= 15 is 0 Å². The predicted octanol–water partition coefficient (Wildman–Crippen LogP) is 3.54. The number of aryl methyl sites for hydroxylation is 1. The standard InChI is InChI=1S/C26H26N6O2/c1-34-25-15-20(10-11-27-25)17-30(12-6-13-31-19-29-22-7-2-3-8-23(22)31)18-21-16-28-24-9-4-5-14-32(24)26(21)33/h2-5,7-11,14-16,19H,6,12-13,17-18H2,1H3. The summed E-state index contributed by atoms with van der Waals surface area (Å²) in [6.07, 6.45) is 8.00. The molecule has 8 nitrogen and oxygen atoms in total. The summed E-state index contributed by atoms with van der Waals surface area (Å²) >= 11 is 0. The highest BCUT2D eigenvalue weighted by Gasteiger charge is 2.13. The molecule has 0 spiro atoms. The molecular formula is C26H26N6O2. The number of nitrogens with zero attached hydrogens (tertiary/aromatic N) is 6. The minimum atomic E-state index is -0.0384. The zero-order valence-electron chi connectivity index (χ0n) is 19.0. The first-order chi connectivity index (χ1) is 16.7. The van der Waals surface area contributed by atoms with Gasteiger partial charge in [-0.2, -0.15) is 0 Å². The van der Waals surface area contributed by atoms with E-state index in [2.05, 4.69) is 30.5 Å². The third-order valence-electron chi connectivity index (χ3n) is 5.89. The van der Waals surface area contributed by atoms with Crippen molar-refractivity contribution in [2.24, 2.45) is 0 Å². The lowest BCUT2D eigenvalue weighted by Gasteiger charge is -2.22. The van der Waals surface area contributed by atoms with Crippen LogP contribution in [0.2, 0.25) is 0 Å². The molecule has 8 heteroatoms. The lowest BCUT2D eigenvalue weighted by Crippen LogP contribution is -2.29. The Hall–Kier alpha value is -4.04. The Bertz CT molecular complexity index is 1480. The maximum atomic E-state index is 13.1. The van der Waals surface area contributed by atoms with Gasteiger partial charge in [-0.3, -0.25) is 14.1 Å². The van der Waals surface area contributed by atoms with E-state index < -0.39 is 0 Å². The molecule has 4 heterocycles. The second-order valence-electron chi connectivity index (χ2n) is 8.21. The van der Waals surface area contributed by atoms with Crippen molar-refractivity contribution >= 4 is 16.7 Å². The molecule has 34 heavy (non-hydrogen) atoms. The van der Waals surface area contributed by atoms with Crippen LogP contribution in [-0.4, -0.2) is 42.5 Å². The lowest BCUT2D eigenvalue weighted by molar-refractivity contribution is 0.247. The summed E-state index contributed by atoms with van der Waals surface area (Å²) in [5, 5.41) is 0. The zero-order valence-corrected chi connectivity index (χ0v) is 19.0. The average Bonchev–Trinajstić information content (AvgIpc) is 3.29. The summed E-state index contributed by atoms with van der Waals surface area (Å²) in [6, 6.07) is 17.6. The highest BCUT2D eigenvalue weighted by Crippen LogP contribution is 2.15. The molecule has 0 aliphatic heterocycles. The SMILES string of the molecule is COc1cc(CN(CCCn2cnc3ccccc32)Cc2cnc3ccccn3c2=O)ccn1. The topological polar surface area (TPSA) is 77.5 Å². The monoisotopic (exact) mass is 454 g/mol. The highest BCUT2D eigenvalue weighted by molar-refractivity contribution is 5.74. The molecule has 0 saturated carbocycles. The van der Waals surface area contributed by atoms with Crippen molar-refractivity contribution in [2.75, 3.05) is 13.7 Å². The van der Waals surface area contributed by atoms with Crippen molar-refractivity contribution in [3.63, 3.8) is 0 Å². The van der Waals surface area contributed by atoms with Crippen LogP contribution < -0.4 is 10.3 Å². The van der Waals surface area contributed by atoms with E-state index in [0.717, 1.165) is 36.1 Å². The lowest BCUT2D eigenvalue weighted by atomic mass is 10.2. The predicted molar refractivity (Wildman–Crippen MR) is 131 cm³/mol. The second kappa shape index (κ2) is 9.84. The Morgan fingerprint density at radius 2 is 1.88 bits per heavy atom. The van der Waals surface area contributed by atoms with Gasteiger partial charge in [0, 0.05) is 50.8 Å². The van der Waals surface area contributed by atoms with E-state index in [-0.39, 0.29) is 5.56 Å². The molecule has 0 radical (unpaired) electrons. The van der Waals surface area contributed by atoms with Crippen molar-refractivity contribution in [2.45, 2.75) is 26.1 Å². The number of benzene rings is 1. The molecule has 172 valence electrons. The maximum absolute atomic E-state index is 13.1. The van der Waals surface area contributed by atoms with Gasteiger partial charge < -0.3 is 9.30 Å². The molecule has 5 rings (SSSR count). The van der Waals surface area contributed by atoms with E-state index in [4.69, 9.17) is 4.74 Å². The van der Waals surface area contributed by atoms with Gasteiger partial charge in [0.05, 0.1) is 30.0 Å². The normalized spacial score (nSPS) is 11.5. The molecule has 0 bridgehead atoms. The van der Waals surface area contributed by atoms with Crippen molar-refractivity contribution in [1.82, 2.24) is 28.8 Å². The van der Waals surface area contributed by atoms with Crippen LogP contribution >= 0.6 is 0 Å². The van der Waals surface area contributed by atoms with Gasteiger partial charge in [0.1, 0.15) is 5.65 Å². The van der Waals surface area contributed by atoms with Crippen molar-refractivity contribution in [3.8, 4) is 5.88 Å². The van der Waals surface area contributed by atoms with E-state index in [1.54, 1.807) is 30.1 Å². The molecule has 0 aliphatic carbocycles. The molecule has 0 saturated heterocycles. The fourth-order valence-corrected chi connectivity index (χ4v) is 4.20. The van der Waals surface area contributed by atoms with Crippen LogP contribution in [0.25, 0.3) is 16.7 Å². The zero-order chi connectivity index (χ0) is 23.3. The number of imidazole rings is 1. The molecule has 1 aromatic carbocycles. The fourth-order valence-electron chi connectivity index (χ4n) is 4.20. The Balaban J connectivity index is 1.36. The molecule has 5 aromatic rings. The summed E-state index contributed by atoms with van der Waals surface area (Å²) in [6.45, 7) is 2.80. The maximum Gasteiger partial charge on any atom is 0.262 e. The van der Waals surface area contributed by atoms with Crippen molar-refractivity contribution < 1.29 is 4.74 Å². The number of aromatic nitrogens is 5. The quantitative estimate of drug-likeness (QED) is 0.339. The van der Waals surface area contributed by atoms with Crippen LogP contribution in [0.3, 0.4) is 0 Å². The Morgan fingerprint density at radius 1 is 1.00 bits per heavy atom. The van der Waals surface area contributed by atoms with Gasteiger partial charge in [0.15, 0.2) is 0 Å². The number of hydrogen-bond acceptors (Lipinski definition) is 6. The van der Waals surface area contributed by atoms with Gasteiger partial charge in [-0.1, -0.05) is 18.2 Å². The van der Waals surface area contributed by atoms with Gasteiger partial charge in [-0.05, 0) is 42.3 Å². The number of pyridine rings is 2. The first-order valence-corrected chi connectivity index (χ1v) is 11.3. The number of ether oxygens (including phenoxy) is 1. The number of rotatable bonds is 9. The molecule has 4 aromatic heterocycles. The molecule has 0 N–H and O–H groups in total. The Labute approximate surface area is 197 Å². The number of para-hydroxylation sites is 2. The number of methoxy groups -OCH3 is 1. The minimum absolute atomic E-state index is 0.0384. The molecule has 0 atom stereocenters. The first kappa shape index (κ1) is 21.8. The minimum Gasteiger partial charge on any atom is -0.481 e. The van der Waals surface area contributed by atoms with Crippen molar-refractivity contribution in [1.29, 1.82) is 0 Å². The Morgan fingerprint density at radius 3 is 2.79 bits per heavy atom. The highest BCUT2D eigenvalue weighted by atomic mass is 16.5. The van der Waals surface area contributed by atoms with Crippen LogP contribution in [0.15, 0.2) is 84.3 Å². The molecule has 0 aliphatic rings. The molecule has 0 unspecified atom stereocenters. The van der Waals surface area contributed by atoms with Gasteiger partial charge in [-0.25, -0.2) is 15.0 Å². The smallest absolute Gasteiger partial charge is 0.262 e. The summed E-state index contributed by atoms with van der Waals surface area (Å²) < 4.78 is 9.06. The molecule has 0 amide bonds. The Kier molecular flexibility index (Phi) is 6.31. The van der Waals surface area contributed by atoms with Crippen LogP contribution in [0.4, 0.5) is 0 Å². The van der Waals surface area contributed by atoms with Crippen LogP contribution in [-0.2, 0) is 19.6 Å². The molecular weight excluding hydrogens is 428 g/mol. The van der Waals surface area contributed by atoms with E-state index in [9.17, 15) is 4.79 Å². The number of hydrogen-bond donors (Lipinski definition) is 0. The van der Waals surface area contributed by atoms with Crippen LogP contribution in [0, 0.1) is 0 Å². The van der Waals surface area contributed by atoms with E-state index in [1.165, 1.54) is 0 Å². The number of fused-ring (bicyclic) bond motifs is 2. The van der Waals surface area contributed by atoms with Gasteiger partial charge in [0.2, 0.25) is 5.88 Å². The van der Waals surface area contributed by atoms with Crippen LogP contribution in [0.5, 0.6) is 5.88 Å². The first-order valence-electron chi connectivity index (χ1n) is 11.3. The third kappa shape index (κ3) is 4.67. The largest absolute Gasteiger partial charge is 0.481 e. The average molecular weight is 455 g/mol. The summed E-state index contributed by atoms with van der Waals surface area (Å²) in [5.41, 5.74) is 4.48. The van der Waals surface area contributed by atoms with Crippen molar-refractivity contribution in [3.05, 3.63) is 101 Å².